The molecular formula is C13H13Cl2NO3S. The van der Waals surface area contributed by atoms with Gasteiger partial charge in [-0.25, -0.2) is 0 Å². The van der Waals surface area contributed by atoms with Crippen molar-refractivity contribution in [3.8, 4) is 5.75 Å². The average Bonchev–Trinajstić information content (AvgIpc) is 2.85. The zero-order valence-corrected chi connectivity index (χ0v) is 12.9. The van der Waals surface area contributed by atoms with Crippen LogP contribution in [-0.2, 0) is 6.42 Å². The van der Waals surface area contributed by atoms with E-state index in [0.29, 0.717) is 22.7 Å². The van der Waals surface area contributed by atoms with Gasteiger partial charge in [-0.1, -0.05) is 35.4 Å². The minimum atomic E-state index is -0.335. The van der Waals surface area contributed by atoms with Crippen molar-refractivity contribution in [2.45, 2.75) is 12.5 Å². The third kappa shape index (κ3) is 2.86. The molecule has 1 aliphatic rings. The van der Waals surface area contributed by atoms with Gasteiger partial charge in [0.1, 0.15) is 27.6 Å². The molecule has 1 aromatic rings. The van der Waals surface area contributed by atoms with Crippen LogP contribution < -0.4 is 10.1 Å². The molecule has 3 N–H and O–H groups in total. The van der Waals surface area contributed by atoms with Gasteiger partial charge in [-0.15, -0.1) is 0 Å². The molecule has 1 aliphatic heterocycles. The van der Waals surface area contributed by atoms with Crippen LogP contribution in [0.2, 0.25) is 10.0 Å². The molecule has 4 nitrogen and oxygen atoms in total. The molecule has 0 bridgehead atoms. The summed E-state index contributed by atoms with van der Waals surface area (Å²) in [5.41, 5.74) is 1.18. The van der Waals surface area contributed by atoms with E-state index in [1.54, 1.807) is 13.1 Å². The lowest BCUT2D eigenvalue weighted by atomic mass is 10.0. The van der Waals surface area contributed by atoms with Crippen molar-refractivity contribution >= 4 is 46.2 Å². The Kier molecular flexibility index (Phi) is 4.75. The number of benzene rings is 1. The number of hydrogen-bond donors (Lipinski definition) is 3. The van der Waals surface area contributed by atoms with Gasteiger partial charge in [0, 0.05) is 30.7 Å². The van der Waals surface area contributed by atoms with E-state index < -0.39 is 0 Å². The van der Waals surface area contributed by atoms with E-state index in [1.807, 2.05) is 0 Å². The molecule has 0 aliphatic carbocycles. The van der Waals surface area contributed by atoms with E-state index in [2.05, 4.69) is 5.32 Å². The summed E-state index contributed by atoms with van der Waals surface area (Å²) in [6.07, 6.45) is 1.57. The van der Waals surface area contributed by atoms with Crippen LogP contribution in [0.5, 0.6) is 5.75 Å². The third-order valence-electron chi connectivity index (χ3n) is 2.96. The molecule has 0 radical (unpaired) electrons. The lowest BCUT2D eigenvalue weighted by Gasteiger charge is -2.10. The second kappa shape index (κ2) is 6.18. The first kappa shape index (κ1) is 15.4. The smallest absolute Gasteiger partial charge is 0.143 e. The molecule has 0 aromatic heterocycles. The van der Waals surface area contributed by atoms with Crippen molar-refractivity contribution in [3.63, 3.8) is 0 Å². The van der Waals surface area contributed by atoms with Gasteiger partial charge in [0.05, 0.1) is 11.6 Å². The lowest BCUT2D eigenvalue weighted by Crippen LogP contribution is -2.17. The Bertz CT molecular complexity index is 589. The molecule has 1 aromatic carbocycles. The molecule has 7 heteroatoms. The van der Waals surface area contributed by atoms with Crippen LogP contribution in [0, 0.1) is 0 Å². The van der Waals surface area contributed by atoms with Crippen LogP contribution in [0.1, 0.15) is 11.1 Å². The molecule has 20 heavy (non-hydrogen) atoms. The maximum absolute atomic E-state index is 10.1. The first-order valence-electron chi connectivity index (χ1n) is 5.89. The maximum atomic E-state index is 10.1. The number of ether oxygens (including phenoxy) is 1. The van der Waals surface area contributed by atoms with Crippen molar-refractivity contribution in [1.82, 2.24) is 5.32 Å². The number of likely N-dealkylation sites (N-methyl/N-ethyl adjacent to an activating group) is 1. The average molecular weight is 334 g/mol. The largest absolute Gasteiger partial charge is 0.507 e. The minimum absolute atomic E-state index is 0.0773. The zero-order chi connectivity index (χ0) is 14.9. The molecule has 1 unspecified atom stereocenters. The van der Waals surface area contributed by atoms with E-state index in [9.17, 15) is 5.11 Å². The Labute approximate surface area is 132 Å². The van der Waals surface area contributed by atoms with Gasteiger partial charge in [0.25, 0.3) is 0 Å². The van der Waals surface area contributed by atoms with Gasteiger partial charge in [0.15, 0.2) is 0 Å². The van der Waals surface area contributed by atoms with Gasteiger partial charge in [0.2, 0.25) is 0 Å². The van der Waals surface area contributed by atoms with Crippen LogP contribution in [0.15, 0.2) is 12.1 Å². The summed E-state index contributed by atoms with van der Waals surface area (Å²) in [4.78, 5) is 0.375. The molecule has 0 saturated carbocycles. The summed E-state index contributed by atoms with van der Waals surface area (Å²) in [6.45, 7) is -0.108. The summed E-state index contributed by atoms with van der Waals surface area (Å²) in [5, 5.41) is 22.4. The van der Waals surface area contributed by atoms with Crippen molar-refractivity contribution in [1.29, 1.82) is 0 Å². The fourth-order valence-corrected chi connectivity index (χ4v) is 2.57. The van der Waals surface area contributed by atoms with Crippen LogP contribution in [0.4, 0.5) is 0 Å². The summed E-state index contributed by atoms with van der Waals surface area (Å²) in [6, 6.07) is 1.70. The number of rotatable bonds is 3. The first-order chi connectivity index (χ1) is 9.47. The number of aliphatic hydroxyl groups excluding tert-OH is 2. The van der Waals surface area contributed by atoms with Gasteiger partial charge in [-0.05, 0) is 6.07 Å². The van der Waals surface area contributed by atoms with Crippen LogP contribution in [0.25, 0.3) is 5.76 Å². The van der Waals surface area contributed by atoms with Crippen LogP contribution in [0.3, 0.4) is 0 Å². The molecule has 1 heterocycles. The normalized spacial score (nSPS) is 17.6. The standard InChI is InChI=1S/C13H13Cl2NO3S/c1-16-10(20)4-9(18)8-3-6-2-7(5-17)19-13(6)12(15)11(8)14/h3-4,7,17-18H,2,5H2,1H3,(H,16,20). The predicted octanol–water partition coefficient (Wildman–Crippen LogP) is 2.73. The summed E-state index contributed by atoms with van der Waals surface area (Å²) < 4.78 is 5.50. The zero-order valence-electron chi connectivity index (χ0n) is 10.6. The second-order valence-electron chi connectivity index (χ2n) is 4.31. The van der Waals surface area contributed by atoms with E-state index in [0.717, 1.165) is 5.56 Å². The fraction of sp³-hybridized carbons (Fsp3) is 0.308. The van der Waals surface area contributed by atoms with Gasteiger partial charge in [-0.2, -0.15) is 0 Å². The number of nitrogens with one attached hydrogen (secondary N) is 1. The second-order valence-corrected chi connectivity index (χ2v) is 5.51. The van der Waals surface area contributed by atoms with Crippen molar-refractivity contribution in [2.24, 2.45) is 0 Å². The summed E-state index contributed by atoms with van der Waals surface area (Å²) in [7, 11) is 1.66. The summed E-state index contributed by atoms with van der Waals surface area (Å²) in [5.74, 6) is 0.384. The molecule has 108 valence electrons. The number of halogens is 2. The Morgan fingerprint density at radius 2 is 2.25 bits per heavy atom. The van der Waals surface area contributed by atoms with Crippen LogP contribution >= 0.6 is 35.4 Å². The van der Waals surface area contributed by atoms with Crippen molar-refractivity contribution in [2.75, 3.05) is 13.7 Å². The quantitative estimate of drug-likeness (QED) is 0.451. The molecule has 0 amide bonds. The predicted molar refractivity (Wildman–Crippen MR) is 83.9 cm³/mol. The number of hydrogen-bond acceptors (Lipinski definition) is 4. The first-order valence-corrected chi connectivity index (χ1v) is 7.05. The number of thiocarbonyl (C=S) groups is 1. The number of fused-ring (bicyclic) bond motifs is 1. The highest BCUT2D eigenvalue weighted by molar-refractivity contribution is 7.80. The highest BCUT2D eigenvalue weighted by atomic mass is 35.5. The topological polar surface area (TPSA) is 61.7 Å². The molecular weight excluding hydrogens is 321 g/mol. The van der Waals surface area contributed by atoms with Crippen molar-refractivity contribution < 1.29 is 14.9 Å². The molecule has 2 rings (SSSR count). The van der Waals surface area contributed by atoms with E-state index in [-0.39, 0.29) is 28.5 Å². The van der Waals surface area contributed by atoms with Gasteiger partial charge < -0.3 is 20.3 Å². The number of aliphatic hydroxyl groups is 2. The monoisotopic (exact) mass is 333 g/mol. The minimum Gasteiger partial charge on any atom is -0.507 e. The highest BCUT2D eigenvalue weighted by Crippen LogP contribution is 2.43. The van der Waals surface area contributed by atoms with E-state index in [1.165, 1.54) is 6.08 Å². The third-order valence-corrected chi connectivity index (χ3v) is 4.14. The SMILES string of the molecule is CNC(=S)C=C(O)c1cc2c(c(Cl)c1Cl)OC(CO)C2. The molecule has 0 spiro atoms. The van der Waals surface area contributed by atoms with E-state index in [4.69, 9.17) is 45.3 Å². The van der Waals surface area contributed by atoms with E-state index >= 15 is 0 Å². The summed E-state index contributed by atoms with van der Waals surface area (Å²) >= 11 is 17.3. The maximum Gasteiger partial charge on any atom is 0.143 e. The highest BCUT2D eigenvalue weighted by Gasteiger charge is 2.28. The Balaban J connectivity index is 2.45. The molecule has 0 saturated heterocycles. The van der Waals surface area contributed by atoms with Gasteiger partial charge >= 0.3 is 0 Å². The molecule has 0 fully saturated rings. The fourth-order valence-electron chi connectivity index (χ4n) is 1.96. The Morgan fingerprint density at radius 1 is 1.55 bits per heavy atom. The molecule has 1 atom stereocenters. The Morgan fingerprint density at radius 3 is 2.85 bits per heavy atom. The van der Waals surface area contributed by atoms with Crippen molar-refractivity contribution in [3.05, 3.63) is 33.3 Å². The lowest BCUT2D eigenvalue weighted by molar-refractivity contribution is 0.134. The van der Waals surface area contributed by atoms with Gasteiger partial charge in [-0.3, -0.25) is 0 Å². The Hall–Kier alpha value is -1.01. The van der Waals surface area contributed by atoms with Crippen LogP contribution in [-0.4, -0.2) is 35.0 Å².